The minimum Gasteiger partial charge on any atom is -0.368 e. The van der Waals surface area contributed by atoms with Crippen molar-refractivity contribution in [2.45, 2.75) is 34.2 Å². The van der Waals surface area contributed by atoms with Crippen LogP contribution in [0.2, 0.25) is 0 Å². The molecule has 1 aromatic carbocycles. The van der Waals surface area contributed by atoms with Crippen LogP contribution in [0.25, 0.3) is 0 Å². The fraction of sp³-hybridized carbons (Fsp3) is 0.500. The first-order valence-electron chi connectivity index (χ1n) is 9.34. The van der Waals surface area contributed by atoms with Gasteiger partial charge in [0.1, 0.15) is 0 Å². The van der Waals surface area contributed by atoms with Crippen LogP contribution in [-0.4, -0.2) is 48.6 Å². The molecule has 1 N–H and O–H groups in total. The van der Waals surface area contributed by atoms with E-state index >= 15 is 0 Å². The van der Waals surface area contributed by atoms with Crippen molar-refractivity contribution in [1.82, 2.24) is 15.2 Å². The third-order valence-electron chi connectivity index (χ3n) is 4.65. The van der Waals surface area contributed by atoms with E-state index in [0.29, 0.717) is 6.54 Å². The molecule has 0 atom stereocenters. The fourth-order valence-corrected chi connectivity index (χ4v) is 4.16. The molecule has 1 aliphatic heterocycles. The molecule has 7 heteroatoms. The number of halogens is 1. The highest BCUT2D eigenvalue weighted by atomic mass is 127. The number of thiazole rings is 1. The lowest BCUT2D eigenvalue weighted by Crippen LogP contribution is -2.52. The van der Waals surface area contributed by atoms with E-state index in [0.717, 1.165) is 49.4 Å². The summed E-state index contributed by atoms with van der Waals surface area (Å²) < 4.78 is 0. The average Bonchev–Trinajstić information content (AvgIpc) is 2.96. The number of guanidine groups is 1. The number of piperazine rings is 1. The second-order valence-corrected chi connectivity index (χ2v) is 8.01. The van der Waals surface area contributed by atoms with Crippen molar-refractivity contribution in [3.8, 4) is 0 Å². The Balaban J connectivity index is 0.00000261. The van der Waals surface area contributed by atoms with Crippen LogP contribution < -0.4 is 10.2 Å². The lowest BCUT2D eigenvalue weighted by atomic mass is 10.2. The molecule has 1 fully saturated rings. The van der Waals surface area contributed by atoms with Gasteiger partial charge in [-0.25, -0.2) is 9.98 Å². The summed E-state index contributed by atoms with van der Waals surface area (Å²) in [5.41, 5.74) is 3.74. The molecule has 3 rings (SSSR count). The molecule has 0 aliphatic carbocycles. The summed E-state index contributed by atoms with van der Waals surface area (Å²) in [5.74, 6) is 1.02. The predicted molar refractivity (Wildman–Crippen MR) is 127 cm³/mol. The van der Waals surface area contributed by atoms with Crippen LogP contribution in [-0.2, 0) is 6.54 Å². The Morgan fingerprint density at radius 1 is 1.19 bits per heavy atom. The maximum atomic E-state index is 4.88. The molecule has 1 saturated heterocycles. The van der Waals surface area contributed by atoms with E-state index in [1.165, 1.54) is 16.1 Å². The lowest BCUT2D eigenvalue weighted by molar-refractivity contribution is 0.372. The molecule has 27 heavy (non-hydrogen) atoms. The molecule has 0 saturated carbocycles. The molecular formula is C20H30IN5S. The van der Waals surface area contributed by atoms with Gasteiger partial charge in [-0.2, -0.15) is 0 Å². The summed E-state index contributed by atoms with van der Waals surface area (Å²) in [7, 11) is 0. The van der Waals surface area contributed by atoms with Gasteiger partial charge in [0.15, 0.2) is 5.96 Å². The number of nitrogens with zero attached hydrogens (tertiary/aromatic N) is 4. The molecule has 0 radical (unpaired) electrons. The highest BCUT2D eigenvalue weighted by Gasteiger charge is 2.20. The van der Waals surface area contributed by atoms with Crippen LogP contribution in [0, 0.1) is 20.8 Å². The normalized spacial score (nSPS) is 14.9. The van der Waals surface area contributed by atoms with Crippen molar-refractivity contribution in [3.05, 3.63) is 45.4 Å². The predicted octanol–water partition coefficient (Wildman–Crippen LogP) is 3.97. The van der Waals surface area contributed by atoms with Gasteiger partial charge >= 0.3 is 0 Å². The number of hydrogen-bond acceptors (Lipinski definition) is 4. The molecular weight excluding hydrogens is 469 g/mol. The summed E-state index contributed by atoms with van der Waals surface area (Å²) in [6, 6.07) is 8.77. The summed E-state index contributed by atoms with van der Waals surface area (Å²) in [4.78, 5) is 15.5. The minimum absolute atomic E-state index is 0. The van der Waals surface area contributed by atoms with E-state index in [1.807, 2.05) is 0 Å². The molecule has 5 nitrogen and oxygen atoms in total. The van der Waals surface area contributed by atoms with Crippen LogP contribution >= 0.6 is 35.3 Å². The topological polar surface area (TPSA) is 43.8 Å². The molecule has 0 spiro atoms. The van der Waals surface area contributed by atoms with Gasteiger partial charge in [0.2, 0.25) is 0 Å². The van der Waals surface area contributed by atoms with Crippen LogP contribution in [0.5, 0.6) is 0 Å². The van der Waals surface area contributed by atoms with Crippen LogP contribution in [0.4, 0.5) is 5.69 Å². The number of benzene rings is 1. The molecule has 0 bridgehead atoms. The number of aryl methyl sites for hydroxylation is 3. The first-order valence-corrected chi connectivity index (χ1v) is 10.2. The number of anilines is 1. The molecule has 2 aromatic rings. The van der Waals surface area contributed by atoms with Crippen molar-refractivity contribution < 1.29 is 0 Å². The summed E-state index contributed by atoms with van der Waals surface area (Å²) in [6.45, 7) is 14.0. The zero-order chi connectivity index (χ0) is 18.5. The van der Waals surface area contributed by atoms with Gasteiger partial charge in [0.25, 0.3) is 0 Å². The highest BCUT2D eigenvalue weighted by molar-refractivity contribution is 14.0. The highest BCUT2D eigenvalue weighted by Crippen LogP contribution is 2.19. The van der Waals surface area contributed by atoms with Crippen molar-refractivity contribution in [1.29, 1.82) is 0 Å². The molecule has 0 unspecified atom stereocenters. The monoisotopic (exact) mass is 499 g/mol. The Hall–Kier alpha value is -1.35. The van der Waals surface area contributed by atoms with Gasteiger partial charge in [-0.05, 0) is 45.4 Å². The Kier molecular flexibility index (Phi) is 8.34. The quantitative estimate of drug-likeness (QED) is 0.393. The second kappa shape index (κ2) is 10.3. The first-order chi connectivity index (χ1) is 12.6. The lowest BCUT2D eigenvalue weighted by Gasteiger charge is -2.37. The number of nitrogens with one attached hydrogen (secondary N) is 1. The van der Waals surface area contributed by atoms with E-state index in [2.05, 4.69) is 72.1 Å². The van der Waals surface area contributed by atoms with Gasteiger partial charge in [0.05, 0.1) is 17.2 Å². The maximum absolute atomic E-state index is 4.88. The SMILES string of the molecule is CCNC(=NCc1sc(C)nc1C)N1CCN(c2cccc(C)c2)CC1.I. The van der Waals surface area contributed by atoms with Gasteiger partial charge in [0, 0.05) is 43.3 Å². The smallest absolute Gasteiger partial charge is 0.194 e. The molecule has 1 aliphatic rings. The van der Waals surface area contributed by atoms with Crippen molar-refractivity contribution in [3.63, 3.8) is 0 Å². The number of hydrogen-bond donors (Lipinski definition) is 1. The second-order valence-electron chi connectivity index (χ2n) is 6.72. The van der Waals surface area contributed by atoms with Crippen molar-refractivity contribution in [2.24, 2.45) is 4.99 Å². The van der Waals surface area contributed by atoms with Crippen molar-refractivity contribution >= 4 is 47.0 Å². The van der Waals surface area contributed by atoms with E-state index in [9.17, 15) is 0 Å². The Morgan fingerprint density at radius 3 is 2.52 bits per heavy atom. The molecule has 2 heterocycles. The maximum Gasteiger partial charge on any atom is 0.194 e. The third-order valence-corrected chi connectivity index (χ3v) is 5.71. The Bertz CT molecular complexity index is 765. The fourth-order valence-electron chi connectivity index (χ4n) is 3.29. The largest absolute Gasteiger partial charge is 0.368 e. The summed E-state index contributed by atoms with van der Waals surface area (Å²) in [5, 5.41) is 4.57. The molecule has 1 aromatic heterocycles. The summed E-state index contributed by atoms with van der Waals surface area (Å²) >= 11 is 1.75. The van der Waals surface area contributed by atoms with E-state index in [4.69, 9.17) is 4.99 Å². The van der Waals surface area contributed by atoms with Gasteiger partial charge in [-0.1, -0.05) is 12.1 Å². The Morgan fingerprint density at radius 2 is 1.93 bits per heavy atom. The van der Waals surface area contributed by atoms with Gasteiger partial charge < -0.3 is 15.1 Å². The van der Waals surface area contributed by atoms with Crippen molar-refractivity contribution in [2.75, 3.05) is 37.6 Å². The minimum atomic E-state index is 0. The Labute approximate surface area is 183 Å². The van der Waals surface area contributed by atoms with E-state index in [1.54, 1.807) is 11.3 Å². The van der Waals surface area contributed by atoms with Crippen LogP contribution in [0.1, 0.15) is 28.1 Å². The first kappa shape index (κ1) is 21.9. The number of rotatable bonds is 4. The molecule has 148 valence electrons. The third kappa shape index (κ3) is 5.81. The van der Waals surface area contributed by atoms with E-state index in [-0.39, 0.29) is 24.0 Å². The number of aromatic nitrogens is 1. The average molecular weight is 499 g/mol. The van der Waals surface area contributed by atoms with E-state index < -0.39 is 0 Å². The zero-order valence-electron chi connectivity index (χ0n) is 16.7. The zero-order valence-corrected chi connectivity index (χ0v) is 19.8. The standard InChI is InChI=1S/C20H29N5S.HI/c1-5-21-20(22-14-19-16(3)23-17(4)26-19)25-11-9-24(10-12-25)18-8-6-7-15(2)13-18;/h6-8,13H,5,9-12,14H2,1-4H3,(H,21,22);1H. The van der Waals surface area contributed by atoms with Gasteiger partial charge in [-0.15, -0.1) is 35.3 Å². The van der Waals surface area contributed by atoms with Gasteiger partial charge in [-0.3, -0.25) is 0 Å². The summed E-state index contributed by atoms with van der Waals surface area (Å²) in [6.07, 6.45) is 0. The van der Waals surface area contributed by atoms with Crippen LogP contribution in [0.15, 0.2) is 29.3 Å². The molecule has 0 amide bonds. The number of aliphatic imine (C=N–C) groups is 1. The van der Waals surface area contributed by atoms with Crippen LogP contribution in [0.3, 0.4) is 0 Å².